The minimum absolute atomic E-state index is 0.0768. The molecule has 4 heterocycles. The van der Waals surface area contributed by atoms with E-state index in [2.05, 4.69) is 20.2 Å². The van der Waals surface area contributed by atoms with Crippen LogP contribution in [-0.2, 0) is 17.7 Å². The van der Waals surface area contributed by atoms with Crippen LogP contribution in [0.5, 0.6) is 0 Å². The van der Waals surface area contributed by atoms with Crippen molar-refractivity contribution in [3.8, 4) is 11.5 Å². The summed E-state index contributed by atoms with van der Waals surface area (Å²) in [6.45, 7) is 4.51. The first-order valence-electron chi connectivity index (χ1n) is 9.92. The van der Waals surface area contributed by atoms with Crippen molar-refractivity contribution >= 4 is 22.1 Å². The van der Waals surface area contributed by atoms with Gasteiger partial charge in [-0.2, -0.15) is 16.4 Å². The summed E-state index contributed by atoms with van der Waals surface area (Å²) in [6.07, 6.45) is 0.371. The molecule has 1 aliphatic heterocycles. The molecule has 0 unspecified atom stereocenters. The molecule has 5 rings (SSSR count). The lowest BCUT2D eigenvalue weighted by atomic mass is 10.1. The summed E-state index contributed by atoms with van der Waals surface area (Å²) in [4.78, 5) is 15.3. The van der Waals surface area contributed by atoms with Crippen LogP contribution in [-0.4, -0.2) is 57.7 Å². The van der Waals surface area contributed by atoms with E-state index in [0.29, 0.717) is 30.1 Å². The van der Waals surface area contributed by atoms with Gasteiger partial charge < -0.3 is 9.15 Å². The summed E-state index contributed by atoms with van der Waals surface area (Å²) >= 11 is 1.58. The molecule has 0 saturated carbocycles. The molecule has 8 nitrogen and oxygen atoms in total. The Morgan fingerprint density at radius 3 is 2.67 bits per heavy atom. The second-order valence-electron chi connectivity index (χ2n) is 7.16. The summed E-state index contributed by atoms with van der Waals surface area (Å²) in [5, 5.41) is 18.4. The van der Waals surface area contributed by atoms with Gasteiger partial charge in [0.1, 0.15) is 0 Å². The number of benzene rings is 1. The van der Waals surface area contributed by atoms with Gasteiger partial charge in [0.25, 0.3) is 5.56 Å². The van der Waals surface area contributed by atoms with Gasteiger partial charge in [-0.3, -0.25) is 9.69 Å². The molecule has 0 amide bonds. The monoisotopic (exact) mass is 423 g/mol. The molecule has 1 saturated heterocycles. The third-order valence-electron chi connectivity index (χ3n) is 5.23. The Bertz CT molecular complexity index is 1200. The molecule has 30 heavy (non-hydrogen) atoms. The minimum Gasteiger partial charge on any atom is -0.420 e. The van der Waals surface area contributed by atoms with Crippen molar-refractivity contribution in [1.82, 2.24) is 24.9 Å². The van der Waals surface area contributed by atoms with Gasteiger partial charge in [-0.1, -0.05) is 18.2 Å². The van der Waals surface area contributed by atoms with Gasteiger partial charge in [-0.15, -0.1) is 10.2 Å². The molecule has 4 aromatic rings. The van der Waals surface area contributed by atoms with Gasteiger partial charge in [0.2, 0.25) is 11.8 Å². The Hall–Kier alpha value is -2.88. The fourth-order valence-corrected chi connectivity index (χ4v) is 4.25. The smallest absolute Gasteiger partial charge is 0.274 e. The van der Waals surface area contributed by atoms with Gasteiger partial charge in [0, 0.05) is 36.0 Å². The zero-order valence-corrected chi connectivity index (χ0v) is 17.2. The number of morpholine rings is 1. The number of nitrogens with zero attached hydrogens (tertiary/aromatic N) is 5. The Labute approximate surface area is 176 Å². The van der Waals surface area contributed by atoms with Crippen molar-refractivity contribution in [2.45, 2.75) is 13.0 Å². The SMILES string of the molecule is O=c1c2ccccc2c(Cc2nnc(-c3ccsc3)o2)nn1CCN1CCOCC1. The number of fused-ring (bicyclic) bond motifs is 1. The molecule has 0 radical (unpaired) electrons. The molecule has 3 aromatic heterocycles. The molecule has 9 heteroatoms. The van der Waals surface area contributed by atoms with Gasteiger partial charge in [0.15, 0.2) is 0 Å². The molecule has 1 fully saturated rings. The van der Waals surface area contributed by atoms with E-state index in [9.17, 15) is 4.79 Å². The van der Waals surface area contributed by atoms with E-state index in [-0.39, 0.29) is 5.56 Å². The van der Waals surface area contributed by atoms with E-state index in [0.717, 1.165) is 49.5 Å². The summed E-state index contributed by atoms with van der Waals surface area (Å²) in [6, 6.07) is 9.50. The minimum atomic E-state index is -0.0768. The quantitative estimate of drug-likeness (QED) is 0.471. The van der Waals surface area contributed by atoms with Crippen molar-refractivity contribution in [1.29, 1.82) is 0 Å². The van der Waals surface area contributed by atoms with E-state index < -0.39 is 0 Å². The molecule has 154 valence electrons. The lowest BCUT2D eigenvalue weighted by Gasteiger charge is -2.26. The highest BCUT2D eigenvalue weighted by Gasteiger charge is 2.16. The molecule has 0 atom stereocenters. The van der Waals surface area contributed by atoms with Crippen LogP contribution in [0.2, 0.25) is 0 Å². The Morgan fingerprint density at radius 1 is 1.03 bits per heavy atom. The fourth-order valence-electron chi connectivity index (χ4n) is 3.62. The van der Waals surface area contributed by atoms with Crippen LogP contribution in [0.15, 0.2) is 50.3 Å². The molecule has 0 aliphatic carbocycles. The Morgan fingerprint density at radius 2 is 1.87 bits per heavy atom. The van der Waals surface area contributed by atoms with Crippen molar-refractivity contribution < 1.29 is 9.15 Å². The van der Waals surface area contributed by atoms with Gasteiger partial charge in [-0.05, 0) is 17.5 Å². The lowest BCUT2D eigenvalue weighted by Crippen LogP contribution is -2.39. The van der Waals surface area contributed by atoms with E-state index in [1.165, 1.54) is 0 Å². The normalized spacial score (nSPS) is 15.1. The maximum Gasteiger partial charge on any atom is 0.274 e. The number of aromatic nitrogens is 4. The lowest BCUT2D eigenvalue weighted by molar-refractivity contribution is 0.0358. The summed E-state index contributed by atoms with van der Waals surface area (Å²) in [5.41, 5.74) is 1.59. The van der Waals surface area contributed by atoms with Crippen molar-refractivity contribution in [2.24, 2.45) is 0 Å². The molecule has 0 spiro atoms. The topological polar surface area (TPSA) is 86.3 Å². The third kappa shape index (κ3) is 3.91. The first kappa shape index (κ1) is 19.1. The van der Waals surface area contributed by atoms with E-state index in [4.69, 9.17) is 9.15 Å². The summed E-state index contributed by atoms with van der Waals surface area (Å²) in [7, 11) is 0. The molecule has 1 aromatic carbocycles. The van der Waals surface area contributed by atoms with E-state index in [1.54, 1.807) is 16.0 Å². The van der Waals surface area contributed by atoms with Crippen molar-refractivity contribution in [3.63, 3.8) is 0 Å². The average Bonchev–Trinajstić information content (AvgIpc) is 3.48. The van der Waals surface area contributed by atoms with Crippen LogP contribution in [0.1, 0.15) is 11.6 Å². The largest absolute Gasteiger partial charge is 0.420 e. The van der Waals surface area contributed by atoms with Crippen LogP contribution in [0.3, 0.4) is 0 Å². The molecular formula is C21H21N5O3S. The number of hydrogen-bond acceptors (Lipinski definition) is 8. The zero-order chi connectivity index (χ0) is 20.3. The molecule has 1 aliphatic rings. The van der Waals surface area contributed by atoms with Crippen molar-refractivity contribution in [2.75, 3.05) is 32.8 Å². The molecule has 0 N–H and O–H groups in total. The van der Waals surface area contributed by atoms with Gasteiger partial charge in [0.05, 0.1) is 37.3 Å². The second-order valence-corrected chi connectivity index (χ2v) is 7.94. The number of ether oxygens (including phenoxy) is 1. The predicted molar refractivity (Wildman–Crippen MR) is 114 cm³/mol. The fraction of sp³-hybridized carbons (Fsp3) is 0.333. The molecular weight excluding hydrogens is 402 g/mol. The van der Waals surface area contributed by atoms with Crippen LogP contribution >= 0.6 is 11.3 Å². The summed E-state index contributed by atoms with van der Waals surface area (Å²) < 4.78 is 12.8. The standard InChI is InChI=1S/C21H21N5O3S/c27-21-17-4-2-1-3-16(17)18(24-26(21)7-6-25-8-10-28-11-9-25)13-19-22-23-20(29-19)15-5-12-30-14-15/h1-5,12,14H,6-11,13H2. The highest BCUT2D eigenvalue weighted by atomic mass is 32.1. The highest BCUT2D eigenvalue weighted by molar-refractivity contribution is 7.08. The van der Waals surface area contributed by atoms with Gasteiger partial charge >= 0.3 is 0 Å². The second kappa shape index (κ2) is 8.47. The van der Waals surface area contributed by atoms with Crippen LogP contribution in [0, 0.1) is 0 Å². The number of hydrogen-bond donors (Lipinski definition) is 0. The number of thiophene rings is 1. The zero-order valence-electron chi connectivity index (χ0n) is 16.4. The summed E-state index contributed by atoms with van der Waals surface area (Å²) in [5.74, 6) is 0.975. The van der Waals surface area contributed by atoms with Crippen LogP contribution in [0.25, 0.3) is 22.2 Å². The average molecular weight is 423 g/mol. The van der Waals surface area contributed by atoms with Crippen molar-refractivity contribution in [3.05, 3.63) is 63.0 Å². The Kier molecular flexibility index (Phi) is 5.39. The van der Waals surface area contributed by atoms with E-state index >= 15 is 0 Å². The first-order valence-corrected chi connectivity index (χ1v) is 10.9. The third-order valence-corrected chi connectivity index (χ3v) is 5.91. The van der Waals surface area contributed by atoms with E-state index in [1.807, 2.05) is 41.1 Å². The highest BCUT2D eigenvalue weighted by Crippen LogP contribution is 2.22. The molecule has 0 bridgehead atoms. The van der Waals surface area contributed by atoms with Crippen LogP contribution in [0.4, 0.5) is 0 Å². The predicted octanol–water partition coefficient (Wildman–Crippen LogP) is 2.43. The maximum absolute atomic E-state index is 13.0. The maximum atomic E-state index is 13.0. The first-order chi connectivity index (χ1) is 14.8. The number of rotatable bonds is 6. The van der Waals surface area contributed by atoms with Gasteiger partial charge in [-0.25, -0.2) is 4.68 Å². The van der Waals surface area contributed by atoms with Crippen LogP contribution < -0.4 is 5.56 Å². The Balaban J connectivity index is 1.44.